The molecule has 2 aromatic heterocycles. The first-order valence-electron chi connectivity index (χ1n) is 11.6. The smallest absolute Gasteiger partial charge is 0.206 e. The summed E-state index contributed by atoms with van der Waals surface area (Å²) in [7, 11) is 0. The number of pyridine rings is 2. The number of hydrogen-bond donors (Lipinski definition) is 0. The van der Waals surface area contributed by atoms with Crippen molar-refractivity contribution in [3.05, 3.63) is 104 Å². The van der Waals surface area contributed by atoms with Crippen LogP contribution >= 0.6 is 0 Å². The van der Waals surface area contributed by atoms with Crippen molar-refractivity contribution in [2.75, 3.05) is 0 Å². The third kappa shape index (κ3) is 4.07. The molecule has 5 rings (SSSR count). The maximum Gasteiger partial charge on any atom is 0.216 e. The first-order chi connectivity index (χ1) is 20.6. The van der Waals surface area contributed by atoms with Crippen LogP contribution in [0.2, 0.25) is 0 Å². The molecule has 2 heterocycles. The number of nitriles is 6. The molecule has 2 aliphatic rings. The van der Waals surface area contributed by atoms with Gasteiger partial charge in [-0.05, 0) is 28.3 Å². The summed E-state index contributed by atoms with van der Waals surface area (Å²) >= 11 is 0. The van der Waals surface area contributed by atoms with Crippen LogP contribution in [0.4, 0.5) is 22.0 Å². The van der Waals surface area contributed by atoms with E-state index in [0.717, 1.165) is 6.07 Å². The summed E-state index contributed by atoms with van der Waals surface area (Å²) in [4.78, 5) is 5.95. The average molecular weight is 572 g/mol. The molecule has 8 nitrogen and oxygen atoms in total. The molecule has 43 heavy (non-hydrogen) atoms. The Morgan fingerprint density at radius 3 is 1.12 bits per heavy atom. The molecular weight excluding hydrogens is 567 g/mol. The van der Waals surface area contributed by atoms with Crippen molar-refractivity contribution in [1.29, 1.82) is 31.6 Å². The van der Waals surface area contributed by atoms with E-state index in [1.807, 2.05) is 0 Å². The van der Waals surface area contributed by atoms with Crippen molar-refractivity contribution >= 4 is 33.4 Å². The predicted octanol–water partition coefficient (Wildman–Crippen LogP) is 5.67. The Hall–Kier alpha value is -6.93. The fourth-order valence-corrected chi connectivity index (χ4v) is 5.11. The Balaban J connectivity index is 2.01. The van der Waals surface area contributed by atoms with Gasteiger partial charge >= 0.3 is 0 Å². The molecule has 3 aromatic rings. The minimum atomic E-state index is -1.33. The van der Waals surface area contributed by atoms with Gasteiger partial charge in [0.25, 0.3) is 0 Å². The third-order valence-corrected chi connectivity index (χ3v) is 6.58. The Kier molecular flexibility index (Phi) is 6.58. The zero-order chi connectivity index (χ0) is 31.2. The number of fused-ring (bicyclic) bond motifs is 2. The van der Waals surface area contributed by atoms with Crippen LogP contribution in [0.25, 0.3) is 33.4 Å². The summed E-state index contributed by atoms with van der Waals surface area (Å²) in [6.07, 6.45) is 0. The SMILES string of the molecule is N#CC(C#N)=C1C(c2cc(F)nc(F)c2)=C(C#N)c2c1cc1c(c2F)C(C#N)=C(c2cc(F)nc(F)c2)C1=C(C#N)C#N. The van der Waals surface area contributed by atoms with E-state index >= 15 is 4.39 Å². The largest absolute Gasteiger partial charge is 0.216 e. The van der Waals surface area contributed by atoms with Gasteiger partial charge in [-0.3, -0.25) is 0 Å². The second-order valence-electron chi connectivity index (χ2n) is 8.71. The molecule has 13 heteroatoms. The number of nitrogens with zero attached hydrogens (tertiary/aromatic N) is 8. The van der Waals surface area contributed by atoms with E-state index in [-0.39, 0.29) is 22.3 Å². The molecule has 0 spiro atoms. The van der Waals surface area contributed by atoms with Gasteiger partial charge in [-0.15, -0.1) is 0 Å². The summed E-state index contributed by atoms with van der Waals surface area (Å²) in [5.41, 5.74) is -6.69. The zero-order valence-corrected chi connectivity index (χ0v) is 20.9. The lowest BCUT2D eigenvalue weighted by Gasteiger charge is -2.12. The van der Waals surface area contributed by atoms with Crippen LogP contribution in [0.15, 0.2) is 41.5 Å². The summed E-state index contributed by atoms with van der Waals surface area (Å²) in [5, 5.41) is 59.1. The minimum Gasteiger partial charge on any atom is -0.206 e. The number of hydrogen-bond acceptors (Lipinski definition) is 8. The normalized spacial score (nSPS) is 12.8. The second-order valence-corrected chi connectivity index (χ2v) is 8.71. The summed E-state index contributed by atoms with van der Waals surface area (Å²) in [5.74, 6) is -6.63. The lowest BCUT2D eigenvalue weighted by molar-refractivity contribution is 0.511. The van der Waals surface area contributed by atoms with E-state index in [1.165, 1.54) is 0 Å². The van der Waals surface area contributed by atoms with Gasteiger partial charge in [-0.1, -0.05) is 0 Å². The van der Waals surface area contributed by atoms with Crippen molar-refractivity contribution in [2.24, 2.45) is 0 Å². The zero-order valence-electron chi connectivity index (χ0n) is 20.9. The van der Waals surface area contributed by atoms with E-state index in [2.05, 4.69) is 9.97 Å². The molecular formula is C30H5F5N8. The van der Waals surface area contributed by atoms with Crippen LogP contribution in [0.3, 0.4) is 0 Å². The molecule has 0 atom stereocenters. The maximum atomic E-state index is 16.7. The summed E-state index contributed by atoms with van der Waals surface area (Å²) in [6, 6.07) is 13.7. The standard InChI is InChI=1S/C30H5F5N8/c31-20-1-12(2-21(32)42-20)24-18(10-40)28-16(26(24)14(6-36)7-37)5-17-27(15(8-38)9-39)25(19(11-41)29(17)30(28)35)13-3-22(33)43-23(34)4-13/h1-5H. The molecule has 0 saturated carbocycles. The number of allylic oxidation sites excluding steroid dienone is 8. The van der Waals surface area contributed by atoms with Gasteiger partial charge in [0.15, 0.2) is 0 Å². The van der Waals surface area contributed by atoms with E-state index in [9.17, 15) is 49.1 Å². The molecule has 1 aromatic carbocycles. The molecule has 0 aliphatic heterocycles. The monoisotopic (exact) mass is 572 g/mol. The molecule has 200 valence electrons. The van der Waals surface area contributed by atoms with Gasteiger partial charge in [-0.25, -0.2) is 4.39 Å². The van der Waals surface area contributed by atoms with Gasteiger partial charge in [0, 0.05) is 57.7 Å². The fourth-order valence-electron chi connectivity index (χ4n) is 5.11. The minimum absolute atomic E-state index is 0.322. The molecule has 0 bridgehead atoms. The molecule has 0 saturated heterocycles. The first-order valence-corrected chi connectivity index (χ1v) is 11.6. The van der Waals surface area contributed by atoms with E-state index in [4.69, 9.17) is 0 Å². The van der Waals surface area contributed by atoms with Crippen molar-refractivity contribution < 1.29 is 22.0 Å². The van der Waals surface area contributed by atoms with Crippen LogP contribution in [0.5, 0.6) is 0 Å². The van der Waals surface area contributed by atoms with Crippen molar-refractivity contribution in [1.82, 2.24) is 9.97 Å². The van der Waals surface area contributed by atoms with Gasteiger partial charge in [0.2, 0.25) is 23.8 Å². The highest BCUT2D eigenvalue weighted by molar-refractivity contribution is 6.30. The van der Waals surface area contributed by atoms with Crippen molar-refractivity contribution in [3.63, 3.8) is 0 Å². The van der Waals surface area contributed by atoms with Gasteiger partial charge in [0.1, 0.15) is 53.4 Å². The van der Waals surface area contributed by atoms with Gasteiger partial charge in [0.05, 0.1) is 11.1 Å². The number of aromatic nitrogens is 2. The van der Waals surface area contributed by atoms with Crippen LogP contribution in [-0.4, -0.2) is 9.97 Å². The maximum absolute atomic E-state index is 16.7. The van der Waals surface area contributed by atoms with Gasteiger partial charge < -0.3 is 0 Å². The van der Waals surface area contributed by atoms with Crippen molar-refractivity contribution in [2.45, 2.75) is 0 Å². The van der Waals surface area contributed by atoms with Crippen LogP contribution in [0.1, 0.15) is 33.4 Å². The Labute approximate surface area is 238 Å². The molecule has 0 unspecified atom stereocenters. The highest BCUT2D eigenvalue weighted by Crippen LogP contribution is 2.55. The third-order valence-electron chi connectivity index (χ3n) is 6.58. The van der Waals surface area contributed by atoms with Crippen LogP contribution in [-0.2, 0) is 0 Å². The lowest BCUT2D eigenvalue weighted by Crippen LogP contribution is -2.00. The first kappa shape index (κ1) is 27.6. The highest BCUT2D eigenvalue weighted by Gasteiger charge is 2.41. The average Bonchev–Trinajstić information content (AvgIpc) is 3.47. The highest BCUT2D eigenvalue weighted by atomic mass is 19.2. The van der Waals surface area contributed by atoms with Gasteiger partial charge in [-0.2, -0.15) is 59.1 Å². The summed E-state index contributed by atoms with van der Waals surface area (Å²) in [6.45, 7) is 0. The predicted molar refractivity (Wildman–Crippen MR) is 136 cm³/mol. The molecule has 2 aliphatic carbocycles. The molecule has 0 amide bonds. The van der Waals surface area contributed by atoms with E-state index < -0.39 is 85.3 Å². The quantitative estimate of drug-likeness (QED) is 0.215. The molecule has 0 N–H and O–H groups in total. The van der Waals surface area contributed by atoms with E-state index in [1.54, 1.807) is 36.4 Å². The second kappa shape index (κ2) is 10.2. The fraction of sp³-hybridized carbons (Fsp3) is 0. The van der Waals surface area contributed by atoms with Crippen LogP contribution < -0.4 is 0 Å². The Morgan fingerprint density at radius 2 is 0.837 bits per heavy atom. The number of halogens is 5. The van der Waals surface area contributed by atoms with Crippen molar-refractivity contribution in [3.8, 4) is 36.4 Å². The topological polar surface area (TPSA) is 169 Å². The number of rotatable bonds is 2. The number of benzene rings is 1. The van der Waals surface area contributed by atoms with E-state index in [0.29, 0.717) is 24.3 Å². The molecule has 0 radical (unpaired) electrons. The Morgan fingerprint density at radius 1 is 0.512 bits per heavy atom. The lowest BCUT2D eigenvalue weighted by atomic mass is 9.89. The molecule has 0 fully saturated rings. The van der Waals surface area contributed by atoms with Crippen LogP contribution in [0, 0.1) is 97.6 Å². The Bertz CT molecular complexity index is 2020. The summed E-state index contributed by atoms with van der Waals surface area (Å²) < 4.78 is 73.2.